The molecule has 6 nitrogen and oxygen atoms in total. The van der Waals surface area contributed by atoms with E-state index in [9.17, 15) is 14.4 Å². The Morgan fingerprint density at radius 2 is 0.647 bits per heavy atom. The summed E-state index contributed by atoms with van der Waals surface area (Å²) in [4.78, 5) is 38.5. The number of benzene rings is 1. The van der Waals surface area contributed by atoms with Crippen LogP contribution in [0.15, 0.2) is 54.7 Å². The Kier molecular flexibility index (Phi) is 46.5. The summed E-state index contributed by atoms with van der Waals surface area (Å²) in [6, 6.07) is 5.34. The van der Waals surface area contributed by atoms with E-state index in [1.807, 2.05) is 6.07 Å². The summed E-state index contributed by atoms with van der Waals surface area (Å²) in [6.07, 6.45) is 62.7. The molecule has 0 spiro atoms. The van der Waals surface area contributed by atoms with Crippen LogP contribution >= 0.6 is 0 Å². The van der Waals surface area contributed by atoms with Crippen molar-refractivity contribution in [1.82, 2.24) is 0 Å². The summed E-state index contributed by atoms with van der Waals surface area (Å²) < 4.78 is 17.2. The SMILES string of the molecule is CCCCCCCC/C=C\CCCCCCCC(=O)OCCc1ccc(OC(=O)CCCCCCC/C=C\CCCCCCCC)c(OC(=O)CCCCCCC/C=C\CCCCCCCC)c1. The maximum absolute atomic E-state index is 13.1. The Morgan fingerprint density at radius 1 is 0.353 bits per heavy atom. The normalized spacial score (nSPS) is 11.7. The van der Waals surface area contributed by atoms with Crippen LogP contribution in [0.5, 0.6) is 11.5 Å². The van der Waals surface area contributed by atoms with Gasteiger partial charge in [-0.25, -0.2) is 0 Å². The molecule has 1 aromatic rings. The summed E-state index contributed by atoms with van der Waals surface area (Å²) in [5.41, 5.74) is 0.861. The van der Waals surface area contributed by atoms with E-state index in [4.69, 9.17) is 14.2 Å². The standard InChI is InChI=1S/C62H106O6/c1-4-7-10-13-16-19-22-25-28-31-34-37-40-43-46-49-60(63)66-55-54-57-52-53-58(67-61(64)50-47-44-41-38-35-32-29-26-23-20-17-14-11-8-5-2)59(56-57)68-62(65)51-48-45-42-39-36-33-30-27-24-21-18-15-12-9-6-3/h25-30,52-53,56H,4-24,31-51,54-55H2,1-3H3/b28-25-,29-26-,30-27-. The molecule has 0 radical (unpaired) electrons. The molecule has 0 N–H and O–H groups in total. The Labute approximate surface area is 420 Å². The average Bonchev–Trinajstić information content (AvgIpc) is 3.33. The lowest BCUT2D eigenvalue weighted by Crippen LogP contribution is -2.13. The molecule has 0 saturated carbocycles. The first-order valence-electron chi connectivity index (χ1n) is 29.1. The highest BCUT2D eigenvalue weighted by atomic mass is 16.6. The fourth-order valence-corrected chi connectivity index (χ4v) is 8.59. The topological polar surface area (TPSA) is 78.9 Å². The fourth-order valence-electron chi connectivity index (χ4n) is 8.59. The van der Waals surface area contributed by atoms with Crippen molar-refractivity contribution < 1.29 is 28.6 Å². The summed E-state index contributed by atoms with van der Waals surface area (Å²) in [6.45, 7) is 7.04. The Morgan fingerprint density at radius 3 is 1.00 bits per heavy atom. The molecule has 0 amide bonds. The van der Waals surface area contributed by atoms with Crippen molar-refractivity contribution in [3.05, 3.63) is 60.2 Å². The lowest BCUT2D eigenvalue weighted by Gasteiger charge is -2.13. The lowest BCUT2D eigenvalue weighted by atomic mass is 10.1. The molecular formula is C62H106O6. The van der Waals surface area contributed by atoms with Crippen molar-refractivity contribution in [3.8, 4) is 11.5 Å². The molecular weight excluding hydrogens is 841 g/mol. The van der Waals surface area contributed by atoms with Crippen LogP contribution in [0.25, 0.3) is 0 Å². The van der Waals surface area contributed by atoms with Crippen molar-refractivity contribution in [1.29, 1.82) is 0 Å². The van der Waals surface area contributed by atoms with E-state index in [1.54, 1.807) is 12.1 Å². The summed E-state index contributed by atoms with van der Waals surface area (Å²) in [5, 5.41) is 0. The highest BCUT2D eigenvalue weighted by Crippen LogP contribution is 2.30. The Bertz CT molecular complexity index is 1390. The van der Waals surface area contributed by atoms with E-state index in [2.05, 4.69) is 57.2 Å². The maximum Gasteiger partial charge on any atom is 0.311 e. The molecule has 1 rings (SSSR count). The van der Waals surface area contributed by atoms with Crippen LogP contribution in [-0.4, -0.2) is 24.5 Å². The second-order valence-corrected chi connectivity index (χ2v) is 19.7. The third-order valence-corrected chi connectivity index (χ3v) is 13.0. The minimum atomic E-state index is -0.319. The lowest BCUT2D eigenvalue weighted by molar-refractivity contribution is -0.143. The number of hydrogen-bond donors (Lipinski definition) is 0. The summed E-state index contributed by atoms with van der Waals surface area (Å²) >= 11 is 0. The van der Waals surface area contributed by atoms with Crippen LogP contribution in [-0.2, 0) is 25.5 Å². The molecule has 390 valence electrons. The number of ether oxygens (including phenoxy) is 3. The first-order valence-corrected chi connectivity index (χ1v) is 29.1. The van der Waals surface area contributed by atoms with Gasteiger partial charge in [0.1, 0.15) is 0 Å². The highest BCUT2D eigenvalue weighted by molar-refractivity contribution is 5.76. The maximum atomic E-state index is 13.1. The van der Waals surface area contributed by atoms with Crippen LogP contribution in [0.1, 0.15) is 296 Å². The Hall–Kier alpha value is -3.15. The van der Waals surface area contributed by atoms with Crippen LogP contribution in [0.2, 0.25) is 0 Å². The van der Waals surface area contributed by atoms with Gasteiger partial charge in [0.25, 0.3) is 0 Å². The number of carbonyl (C=O) groups is 3. The minimum absolute atomic E-state index is 0.171. The van der Waals surface area contributed by atoms with Crippen molar-refractivity contribution in [3.63, 3.8) is 0 Å². The van der Waals surface area contributed by atoms with E-state index in [1.165, 1.54) is 167 Å². The smallest absolute Gasteiger partial charge is 0.311 e. The van der Waals surface area contributed by atoms with E-state index in [-0.39, 0.29) is 36.0 Å². The van der Waals surface area contributed by atoms with Gasteiger partial charge in [0, 0.05) is 25.7 Å². The number of allylic oxidation sites excluding steroid dienone is 6. The first-order chi connectivity index (χ1) is 33.5. The number of hydrogen-bond acceptors (Lipinski definition) is 6. The molecule has 0 fully saturated rings. The fraction of sp³-hybridized carbons (Fsp3) is 0.758. The molecule has 0 aliphatic rings. The summed E-state index contributed by atoms with van der Waals surface area (Å²) in [7, 11) is 0. The quantitative estimate of drug-likeness (QED) is 0.0280. The molecule has 1 aromatic carbocycles. The number of carbonyl (C=O) groups excluding carboxylic acids is 3. The zero-order valence-corrected chi connectivity index (χ0v) is 44.8. The van der Waals surface area contributed by atoms with Gasteiger partial charge in [-0.15, -0.1) is 0 Å². The van der Waals surface area contributed by atoms with Gasteiger partial charge in [-0.1, -0.05) is 217 Å². The molecule has 0 bridgehead atoms. The van der Waals surface area contributed by atoms with Crippen molar-refractivity contribution >= 4 is 17.9 Å². The van der Waals surface area contributed by atoms with E-state index in [0.29, 0.717) is 25.7 Å². The average molecular weight is 948 g/mol. The van der Waals surface area contributed by atoms with Crippen LogP contribution in [0, 0.1) is 0 Å². The third-order valence-electron chi connectivity index (χ3n) is 13.0. The van der Waals surface area contributed by atoms with Crippen molar-refractivity contribution in [2.24, 2.45) is 0 Å². The molecule has 0 atom stereocenters. The van der Waals surface area contributed by atoms with E-state index >= 15 is 0 Å². The van der Waals surface area contributed by atoms with Gasteiger partial charge in [-0.2, -0.15) is 0 Å². The minimum Gasteiger partial charge on any atom is -0.465 e. The van der Waals surface area contributed by atoms with Gasteiger partial charge in [0.2, 0.25) is 0 Å². The van der Waals surface area contributed by atoms with Gasteiger partial charge in [0.15, 0.2) is 11.5 Å². The molecule has 0 unspecified atom stereocenters. The van der Waals surface area contributed by atoms with E-state index in [0.717, 1.165) is 89.0 Å². The van der Waals surface area contributed by atoms with Crippen LogP contribution in [0.4, 0.5) is 0 Å². The predicted molar refractivity (Wildman–Crippen MR) is 291 cm³/mol. The van der Waals surface area contributed by atoms with E-state index < -0.39 is 0 Å². The third kappa shape index (κ3) is 42.9. The molecule has 6 heteroatoms. The van der Waals surface area contributed by atoms with Gasteiger partial charge in [-0.3, -0.25) is 14.4 Å². The van der Waals surface area contributed by atoms with Crippen LogP contribution in [0.3, 0.4) is 0 Å². The zero-order valence-electron chi connectivity index (χ0n) is 44.8. The zero-order chi connectivity index (χ0) is 49.1. The Balaban J connectivity index is 2.46. The van der Waals surface area contributed by atoms with Gasteiger partial charge in [-0.05, 0) is 114 Å². The van der Waals surface area contributed by atoms with Crippen molar-refractivity contribution in [2.75, 3.05) is 6.61 Å². The molecule has 0 aliphatic heterocycles. The number of unbranched alkanes of at least 4 members (excludes halogenated alkanes) is 33. The van der Waals surface area contributed by atoms with Gasteiger partial charge < -0.3 is 14.2 Å². The molecule has 0 saturated heterocycles. The van der Waals surface area contributed by atoms with Gasteiger partial charge in [0.05, 0.1) is 6.61 Å². The molecule has 68 heavy (non-hydrogen) atoms. The molecule has 0 aliphatic carbocycles. The predicted octanol–water partition coefficient (Wildman–Crippen LogP) is 19.7. The highest BCUT2D eigenvalue weighted by Gasteiger charge is 2.16. The largest absolute Gasteiger partial charge is 0.465 e. The van der Waals surface area contributed by atoms with Gasteiger partial charge >= 0.3 is 17.9 Å². The monoisotopic (exact) mass is 947 g/mol. The van der Waals surface area contributed by atoms with Crippen LogP contribution < -0.4 is 9.47 Å². The van der Waals surface area contributed by atoms with Crippen molar-refractivity contribution in [2.45, 2.75) is 297 Å². The number of esters is 3. The molecule has 0 heterocycles. The first kappa shape index (κ1) is 62.9. The number of rotatable bonds is 50. The summed E-state index contributed by atoms with van der Waals surface area (Å²) in [5.74, 6) is -0.269. The second-order valence-electron chi connectivity index (χ2n) is 19.7. The molecule has 0 aromatic heterocycles. The second kappa shape index (κ2) is 50.2.